The predicted molar refractivity (Wildman–Crippen MR) is 107 cm³/mol. The van der Waals surface area contributed by atoms with Gasteiger partial charge in [-0.15, -0.1) is 0 Å². The van der Waals surface area contributed by atoms with Gasteiger partial charge in [-0.3, -0.25) is 14.4 Å². The zero-order valence-corrected chi connectivity index (χ0v) is 16.6. The molecule has 148 valence electrons. The maximum Gasteiger partial charge on any atom is 0.325 e. The molecule has 0 aliphatic carbocycles. The van der Waals surface area contributed by atoms with Crippen molar-refractivity contribution < 1.29 is 19.1 Å². The Bertz CT molecular complexity index is 807. The highest BCUT2D eigenvalue weighted by atomic mass is 35.5. The van der Waals surface area contributed by atoms with Crippen molar-refractivity contribution in [1.82, 2.24) is 10.2 Å². The van der Waals surface area contributed by atoms with E-state index in [2.05, 4.69) is 5.32 Å². The standard InChI is InChI=1S/C21H23ClN2O4/c1-15(2)24(13-16-6-4-3-5-7-16)19(25)14-28-20(26)12-23-21(27)17-8-10-18(22)11-9-17/h3-11,15H,12-14H2,1-2H3,(H,23,27). The van der Waals surface area contributed by atoms with E-state index in [0.717, 1.165) is 5.56 Å². The summed E-state index contributed by atoms with van der Waals surface area (Å²) in [5.41, 5.74) is 1.37. The molecule has 2 aromatic rings. The molecule has 7 heteroatoms. The molecule has 0 aliphatic rings. The largest absolute Gasteiger partial charge is 0.454 e. The Morgan fingerprint density at radius 2 is 1.68 bits per heavy atom. The maximum atomic E-state index is 12.4. The molecule has 2 amide bonds. The molecule has 0 saturated carbocycles. The molecule has 0 bridgehead atoms. The first-order valence-corrected chi connectivity index (χ1v) is 9.27. The topological polar surface area (TPSA) is 75.7 Å². The van der Waals surface area contributed by atoms with Crippen LogP contribution < -0.4 is 5.32 Å². The number of hydrogen-bond acceptors (Lipinski definition) is 4. The molecule has 1 N–H and O–H groups in total. The van der Waals surface area contributed by atoms with Crippen molar-refractivity contribution >= 4 is 29.4 Å². The molecule has 28 heavy (non-hydrogen) atoms. The zero-order chi connectivity index (χ0) is 20.5. The fraction of sp³-hybridized carbons (Fsp3) is 0.286. The normalized spacial score (nSPS) is 10.4. The number of rotatable bonds is 8. The van der Waals surface area contributed by atoms with E-state index in [1.807, 2.05) is 44.2 Å². The molecule has 2 aromatic carbocycles. The van der Waals surface area contributed by atoms with Crippen LogP contribution in [0, 0.1) is 0 Å². The molecule has 0 fully saturated rings. The van der Waals surface area contributed by atoms with Gasteiger partial charge in [0.25, 0.3) is 11.8 Å². The Hall–Kier alpha value is -2.86. The van der Waals surface area contributed by atoms with Gasteiger partial charge in [-0.05, 0) is 43.7 Å². The maximum absolute atomic E-state index is 12.4. The summed E-state index contributed by atoms with van der Waals surface area (Å²) in [5.74, 6) is -1.40. The monoisotopic (exact) mass is 402 g/mol. The molecular formula is C21H23ClN2O4. The van der Waals surface area contributed by atoms with E-state index in [4.69, 9.17) is 16.3 Å². The van der Waals surface area contributed by atoms with E-state index in [1.54, 1.807) is 29.2 Å². The number of esters is 1. The first kappa shape index (κ1) is 21.4. The van der Waals surface area contributed by atoms with Crippen LogP contribution in [0.15, 0.2) is 54.6 Å². The lowest BCUT2D eigenvalue weighted by Crippen LogP contribution is -2.40. The Morgan fingerprint density at radius 3 is 2.29 bits per heavy atom. The van der Waals surface area contributed by atoms with Crippen LogP contribution in [0.25, 0.3) is 0 Å². The number of amides is 2. The first-order valence-electron chi connectivity index (χ1n) is 8.89. The second kappa shape index (κ2) is 10.5. The van der Waals surface area contributed by atoms with Crippen LogP contribution in [-0.4, -0.2) is 41.9 Å². The Balaban J connectivity index is 1.80. The summed E-state index contributed by atoms with van der Waals surface area (Å²) in [6.45, 7) is 3.53. The second-order valence-corrected chi connectivity index (χ2v) is 6.89. The number of ether oxygens (including phenoxy) is 1. The van der Waals surface area contributed by atoms with Crippen LogP contribution >= 0.6 is 11.6 Å². The van der Waals surface area contributed by atoms with Crippen LogP contribution in [0.1, 0.15) is 29.8 Å². The summed E-state index contributed by atoms with van der Waals surface area (Å²) in [7, 11) is 0. The second-order valence-electron chi connectivity index (χ2n) is 6.45. The minimum atomic E-state index is -0.681. The van der Waals surface area contributed by atoms with Crippen LogP contribution in [-0.2, 0) is 20.9 Å². The fourth-order valence-electron chi connectivity index (χ4n) is 2.47. The van der Waals surface area contributed by atoms with Crippen molar-refractivity contribution in [2.45, 2.75) is 26.4 Å². The van der Waals surface area contributed by atoms with Gasteiger partial charge in [-0.25, -0.2) is 0 Å². The number of carbonyl (C=O) groups excluding carboxylic acids is 3. The smallest absolute Gasteiger partial charge is 0.325 e. The number of hydrogen-bond donors (Lipinski definition) is 1. The molecule has 0 unspecified atom stereocenters. The van der Waals surface area contributed by atoms with E-state index in [1.165, 1.54) is 0 Å². The van der Waals surface area contributed by atoms with E-state index < -0.39 is 11.9 Å². The van der Waals surface area contributed by atoms with Crippen molar-refractivity contribution in [2.24, 2.45) is 0 Å². The number of halogens is 1. The van der Waals surface area contributed by atoms with Gasteiger partial charge in [-0.2, -0.15) is 0 Å². The highest BCUT2D eigenvalue weighted by molar-refractivity contribution is 6.30. The molecule has 0 aromatic heterocycles. The molecule has 0 atom stereocenters. The van der Waals surface area contributed by atoms with Crippen LogP contribution in [0.2, 0.25) is 5.02 Å². The highest BCUT2D eigenvalue weighted by Crippen LogP contribution is 2.10. The predicted octanol–water partition coefficient (Wildman–Crippen LogP) is 3.05. The van der Waals surface area contributed by atoms with E-state index >= 15 is 0 Å². The van der Waals surface area contributed by atoms with Crippen molar-refractivity contribution in [3.05, 3.63) is 70.7 Å². The Morgan fingerprint density at radius 1 is 1.04 bits per heavy atom. The number of carbonyl (C=O) groups is 3. The van der Waals surface area contributed by atoms with Crippen molar-refractivity contribution in [3.8, 4) is 0 Å². The summed E-state index contributed by atoms with van der Waals surface area (Å²) in [4.78, 5) is 37.9. The number of benzene rings is 2. The molecule has 0 radical (unpaired) electrons. The summed E-state index contributed by atoms with van der Waals surface area (Å²) in [6.07, 6.45) is 0. The van der Waals surface area contributed by atoms with Gasteiger partial charge in [-0.1, -0.05) is 41.9 Å². The van der Waals surface area contributed by atoms with Gasteiger partial charge in [0.05, 0.1) is 0 Å². The fourth-order valence-corrected chi connectivity index (χ4v) is 2.60. The van der Waals surface area contributed by atoms with Gasteiger partial charge >= 0.3 is 5.97 Å². The SMILES string of the molecule is CC(C)N(Cc1ccccc1)C(=O)COC(=O)CNC(=O)c1ccc(Cl)cc1. The molecule has 0 heterocycles. The summed E-state index contributed by atoms with van der Waals surface area (Å²) < 4.78 is 5.01. The molecular weight excluding hydrogens is 380 g/mol. The van der Waals surface area contributed by atoms with Crippen LogP contribution in [0.4, 0.5) is 0 Å². The summed E-state index contributed by atoms with van der Waals surface area (Å²) in [5, 5.41) is 2.97. The van der Waals surface area contributed by atoms with Crippen molar-refractivity contribution in [2.75, 3.05) is 13.2 Å². The lowest BCUT2D eigenvalue weighted by Gasteiger charge is -2.26. The minimum Gasteiger partial charge on any atom is -0.454 e. The van der Waals surface area contributed by atoms with Crippen molar-refractivity contribution in [1.29, 1.82) is 0 Å². The Labute approximate surface area is 169 Å². The molecule has 0 spiro atoms. The van der Waals surface area contributed by atoms with Gasteiger partial charge in [0.15, 0.2) is 6.61 Å². The summed E-state index contributed by atoms with van der Waals surface area (Å²) in [6, 6.07) is 15.8. The summed E-state index contributed by atoms with van der Waals surface area (Å²) >= 11 is 5.77. The number of nitrogens with one attached hydrogen (secondary N) is 1. The average molecular weight is 403 g/mol. The van der Waals surface area contributed by atoms with E-state index in [9.17, 15) is 14.4 Å². The van der Waals surface area contributed by atoms with Crippen molar-refractivity contribution in [3.63, 3.8) is 0 Å². The van der Waals surface area contributed by atoms with Gasteiger partial charge in [0.1, 0.15) is 6.54 Å². The number of nitrogens with zero attached hydrogens (tertiary/aromatic N) is 1. The van der Waals surface area contributed by atoms with Gasteiger partial charge in [0.2, 0.25) is 0 Å². The van der Waals surface area contributed by atoms with E-state index in [-0.39, 0.29) is 25.1 Å². The highest BCUT2D eigenvalue weighted by Gasteiger charge is 2.19. The molecule has 0 saturated heterocycles. The third kappa shape index (κ3) is 6.70. The third-order valence-corrected chi connectivity index (χ3v) is 4.25. The molecule has 2 rings (SSSR count). The Kier molecular flexibility index (Phi) is 8.02. The zero-order valence-electron chi connectivity index (χ0n) is 15.9. The molecule has 6 nitrogen and oxygen atoms in total. The third-order valence-electron chi connectivity index (χ3n) is 4.00. The van der Waals surface area contributed by atoms with Gasteiger partial charge < -0.3 is 15.0 Å². The quantitative estimate of drug-likeness (QED) is 0.688. The van der Waals surface area contributed by atoms with E-state index in [0.29, 0.717) is 17.1 Å². The lowest BCUT2D eigenvalue weighted by atomic mass is 10.2. The average Bonchev–Trinajstić information content (AvgIpc) is 2.69. The lowest BCUT2D eigenvalue weighted by molar-refractivity contribution is -0.152. The molecule has 0 aliphatic heterocycles. The van der Waals surface area contributed by atoms with Crippen LogP contribution in [0.3, 0.4) is 0 Å². The van der Waals surface area contributed by atoms with Crippen LogP contribution in [0.5, 0.6) is 0 Å². The minimum absolute atomic E-state index is 0.0454. The van der Waals surface area contributed by atoms with Gasteiger partial charge in [0, 0.05) is 23.2 Å². The first-order chi connectivity index (χ1) is 13.4.